The van der Waals surface area contributed by atoms with Crippen LogP contribution in [0.2, 0.25) is 0 Å². The van der Waals surface area contributed by atoms with Gasteiger partial charge in [-0.05, 0) is 50.2 Å². The van der Waals surface area contributed by atoms with Crippen molar-refractivity contribution in [3.63, 3.8) is 0 Å². The Morgan fingerprint density at radius 2 is 1.95 bits per heavy atom. The molecule has 2 rings (SSSR count). The highest BCUT2D eigenvalue weighted by molar-refractivity contribution is 8.00. The Kier molecular flexibility index (Phi) is 5.79. The number of carboxylic acids is 1. The summed E-state index contributed by atoms with van der Waals surface area (Å²) in [6, 6.07) is -0.234. The number of rotatable bonds is 5. The number of carbonyl (C=O) groups is 2. The van der Waals surface area contributed by atoms with Gasteiger partial charge in [0, 0.05) is 18.3 Å². The van der Waals surface area contributed by atoms with Crippen LogP contribution in [0.3, 0.4) is 0 Å². The Morgan fingerprint density at radius 1 is 1.24 bits per heavy atom. The van der Waals surface area contributed by atoms with Crippen LogP contribution >= 0.6 is 11.8 Å². The SMILES string of the molecule is CC1CCC(CNC(=O)NCC2CCCS2)(C(=O)O)CC1. The Bertz CT molecular complexity index is 375. The first-order valence-corrected chi connectivity index (χ1v) is 8.93. The van der Waals surface area contributed by atoms with Gasteiger partial charge in [-0.3, -0.25) is 4.79 Å². The number of hydrogen-bond acceptors (Lipinski definition) is 3. The number of nitrogens with one attached hydrogen (secondary N) is 2. The van der Waals surface area contributed by atoms with Crippen LogP contribution in [0.15, 0.2) is 0 Å². The minimum atomic E-state index is -0.777. The van der Waals surface area contributed by atoms with Crippen LogP contribution in [-0.4, -0.2) is 41.2 Å². The predicted octanol–water partition coefficient (Wildman–Crippen LogP) is 2.46. The summed E-state index contributed by atoms with van der Waals surface area (Å²) in [6.45, 7) is 3.07. The highest BCUT2D eigenvalue weighted by Crippen LogP contribution is 2.38. The van der Waals surface area contributed by atoms with E-state index in [4.69, 9.17) is 0 Å². The predicted molar refractivity (Wildman–Crippen MR) is 84.6 cm³/mol. The molecule has 2 fully saturated rings. The van der Waals surface area contributed by atoms with Crippen molar-refractivity contribution in [2.75, 3.05) is 18.8 Å². The molecule has 120 valence electrons. The molecule has 0 spiro atoms. The summed E-state index contributed by atoms with van der Waals surface area (Å²) in [5, 5.41) is 15.7. The molecule has 0 aromatic heterocycles. The summed E-state index contributed by atoms with van der Waals surface area (Å²) in [4.78, 5) is 23.4. The van der Waals surface area contributed by atoms with Gasteiger partial charge in [0.2, 0.25) is 0 Å². The van der Waals surface area contributed by atoms with Gasteiger partial charge < -0.3 is 15.7 Å². The van der Waals surface area contributed by atoms with E-state index in [1.165, 1.54) is 12.2 Å². The van der Waals surface area contributed by atoms with Gasteiger partial charge in [0.05, 0.1) is 5.41 Å². The standard InChI is InChI=1S/C15H26N2O3S/c1-11-4-6-15(7-5-11,13(18)19)10-17-14(20)16-9-12-3-2-8-21-12/h11-12H,2-10H2,1H3,(H,18,19)(H2,16,17,20). The number of hydrogen-bond donors (Lipinski definition) is 3. The van der Waals surface area contributed by atoms with Gasteiger partial charge >= 0.3 is 12.0 Å². The second-order valence-electron chi connectivity index (χ2n) is 6.47. The average molecular weight is 314 g/mol. The second-order valence-corrected chi connectivity index (χ2v) is 7.87. The third-order valence-corrected chi connectivity index (χ3v) is 6.18. The van der Waals surface area contributed by atoms with Gasteiger partial charge in [0.1, 0.15) is 0 Å². The van der Waals surface area contributed by atoms with Gasteiger partial charge in [0.25, 0.3) is 0 Å². The van der Waals surface area contributed by atoms with Gasteiger partial charge in [-0.2, -0.15) is 11.8 Å². The van der Waals surface area contributed by atoms with Crippen molar-refractivity contribution in [1.29, 1.82) is 0 Å². The van der Waals surface area contributed by atoms with Crippen molar-refractivity contribution in [3.8, 4) is 0 Å². The third kappa shape index (κ3) is 4.53. The Balaban J connectivity index is 1.76. The Labute approximate surface area is 130 Å². The van der Waals surface area contributed by atoms with E-state index in [2.05, 4.69) is 17.6 Å². The molecule has 0 bridgehead atoms. The number of thioether (sulfide) groups is 1. The topological polar surface area (TPSA) is 78.4 Å². The van der Waals surface area contributed by atoms with Crippen LogP contribution < -0.4 is 10.6 Å². The number of aliphatic carboxylic acids is 1. The van der Waals surface area contributed by atoms with Crippen molar-refractivity contribution in [3.05, 3.63) is 0 Å². The van der Waals surface area contributed by atoms with E-state index in [9.17, 15) is 14.7 Å². The summed E-state index contributed by atoms with van der Waals surface area (Å²) in [5.41, 5.74) is -0.772. The zero-order valence-electron chi connectivity index (χ0n) is 12.7. The zero-order chi connectivity index (χ0) is 15.3. The minimum absolute atomic E-state index is 0.234. The first-order valence-electron chi connectivity index (χ1n) is 7.88. The third-order valence-electron chi connectivity index (χ3n) is 4.79. The number of amides is 2. The normalized spacial score (nSPS) is 32.6. The molecule has 1 heterocycles. The summed E-state index contributed by atoms with van der Waals surface area (Å²) in [5.74, 6) is 0.987. The monoisotopic (exact) mass is 314 g/mol. The molecule has 2 aliphatic rings. The second kappa shape index (κ2) is 7.38. The molecule has 1 aliphatic carbocycles. The van der Waals surface area contributed by atoms with Crippen molar-refractivity contribution < 1.29 is 14.7 Å². The maximum absolute atomic E-state index is 11.8. The van der Waals surface area contributed by atoms with E-state index in [0.717, 1.165) is 19.3 Å². The quantitative estimate of drug-likeness (QED) is 0.728. The summed E-state index contributed by atoms with van der Waals surface area (Å²) >= 11 is 1.90. The Hall–Kier alpha value is -0.910. The lowest BCUT2D eigenvalue weighted by molar-refractivity contribution is -0.151. The summed E-state index contributed by atoms with van der Waals surface area (Å²) in [6.07, 6.45) is 5.54. The average Bonchev–Trinajstić information content (AvgIpc) is 2.98. The van der Waals surface area contributed by atoms with E-state index in [1.54, 1.807) is 0 Å². The molecular formula is C15H26N2O3S. The molecule has 0 aromatic rings. The highest BCUT2D eigenvalue weighted by Gasteiger charge is 2.41. The molecule has 1 aliphatic heterocycles. The number of urea groups is 1. The van der Waals surface area contributed by atoms with Crippen molar-refractivity contribution in [1.82, 2.24) is 10.6 Å². The van der Waals surface area contributed by atoms with Crippen LogP contribution in [-0.2, 0) is 4.79 Å². The zero-order valence-corrected chi connectivity index (χ0v) is 13.5. The molecule has 1 saturated heterocycles. The molecule has 1 unspecified atom stereocenters. The van der Waals surface area contributed by atoms with E-state index in [-0.39, 0.29) is 12.6 Å². The molecule has 5 nitrogen and oxygen atoms in total. The van der Waals surface area contributed by atoms with Crippen molar-refractivity contribution >= 4 is 23.8 Å². The van der Waals surface area contributed by atoms with Gasteiger partial charge in [-0.1, -0.05) is 6.92 Å². The van der Waals surface area contributed by atoms with Gasteiger partial charge in [-0.25, -0.2) is 4.79 Å². The number of carboxylic acid groups (broad SMARTS) is 1. The molecule has 21 heavy (non-hydrogen) atoms. The van der Waals surface area contributed by atoms with E-state index in [0.29, 0.717) is 30.6 Å². The fourth-order valence-corrected chi connectivity index (χ4v) is 4.31. The van der Waals surface area contributed by atoms with Crippen LogP contribution in [0.1, 0.15) is 45.4 Å². The van der Waals surface area contributed by atoms with Crippen LogP contribution in [0.25, 0.3) is 0 Å². The molecule has 6 heteroatoms. The smallest absolute Gasteiger partial charge is 0.314 e. The molecule has 0 radical (unpaired) electrons. The van der Waals surface area contributed by atoms with Gasteiger partial charge in [0.15, 0.2) is 0 Å². The molecule has 0 aromatic carbocycles. The fraction of sp³-hybridized carbons (Fsp3) is 0.867. The number of carbonyl (C=O) groups excluding carboxylic acids is 1. The summed E-state index contributed by atoms with van der Waals surface area (Å²) in [7, 11) is 0. The highest BCUT2D eigenvalue weighted by atomic mass is 32.2. The summed E-state index contributed by atoms with van der Waals surface area (Å²) < 4.78 is 0. The lowest BCUT2D eigenvalue weighted by Gasteiger charge is -2.35. The fourth-order valence-electron chi connectivity index (χ4n) is 3.10. The molecule has 3 N–H and O–H groups in total. The minimum Gasteiger partial charge on any atom is -0.481 e. The van der Waals surface area contributed by atoms with Crippen LogP contribution in [0.4, 0.5) is 4.79 Å². The maximum Gasteiger partial charge on any atom is 0.314 e. The largest absolute Gasteiger partial charge is 0.481 e. The molecule has 1 atom stereocenters. The first-order chi connectivity index (χ1) is 10.0. The van der Waals surface area contributed by atoms with E-state index >= 15 is 0 Å². The van der Waals surface area contributed by atoms with E-state index in [1.807, 2.05) is 11.8 Å². The maximum atomic E-state index is 11.8. The van der Waals surface area contributed by atoms with Gasteiger partial charge in [-0.15, -0.1) is 0 Å². The van der Waals surface area contributed by atoms with Crippen molar-refractivity contribution in [2.24, 2.45) is 11.3 Å². The molecule has 2 amide bonds. The Morgan fingerprint density at radius 3 is 2.52 bits per heavy atom. The molecule has 1 saturated carbocycles. The molecular weight excluding hydrogens is 288 g/mol. The lowest BCUT2D eigenvalue weighted by Crippen LogP contribution is -2.48. The van der Waals surface area contributed by atoms with Crippen molar-refractivity contribution in [2.45, 2.75) is 50.7 Å². The lowest BCUT2D eigenvalue weighted by atomic mass is 9.71. The van der Waals surface area contributed by atoms with Crippen LogP contribution in [0.5, 0.6) is 0 Å². The van der Waals surface area contributed by atoms with E-state index < -0.39 is 11.4 Å². The van der Waals surface area contributed by atoms with Crippen LogP contribution in [0, 0.1) is 11.3 Å². The first kappa shape index (κ1) is 16.5.